The second kappa shape index (κ2) is 5.61. The van der Waals surface area contributed by atoms with Crippen LogP contribution in [0, 0.1) is 0 Å². The van der Waals surface area contributed by atoms with Crippen molar-refractivity contribution in [2.75, 3.05) is 5.73 Å². The third kappa shape index (κ3) is 2.79. The molecule has 0 aliphatic heterocycles. The fraction of sp³-hybridized carbons (Fsp3) is 0. The average Bonchev–Trinajstić information content (AvgIpc) is 2.20. The van der Waals surface area contributed by atoms with Gasteiger partial charge in [-0.3, -0.25) is 0 Å². The largest absolute Gasteiger partial charge is 0.398 e. The summed E-state index contributed by atoms with van der Waals surface area (Å²) in [4.78, 5) is 0.949. The van der Waals surface area contributed by atoms with Gasteiger partial charge < -0.3 is 5.73 Å². The van der Waals surface area contributed by atoms with Gasteiger partial charge in [-0.25, -0.2) is 0 Å². The molecule has 1 nitrogen and oxygen atoms in total. The van der Waals surface area contributed by atoms with Crippen molar-refractivity contribution >= 4 is 47.9 Å². The van der Waals surface area contributed by atoms with Gasteiger partial charge in [0.15, 0.2) is 0 Å². The number of rotatable bonds is 1. The summed E-state index contributed by atoms with van der Waals surface area (Å²) in [7, 11) is 0. The molecule has 0 aliphatic rings. The van der Waals surface area contributed by atoms with Crippen molar-refractivity contribution in [2.45, 2.75) is 4.90 Å². The molecule has 0 heterocycles. The van der Waals surface area contributed by atoms with E-state index in [2.05, 4.69) is 12.6 Å². The van der Waals surface area contributed by atoms with Crippen molar-refractivity contribution in [3.8, 4) is 11.1 Å². The molecule has 0 aliphatic carbocycles. The average molecular weight is 224 g/mol. The molecule has 1 radical (unpaired) electrons. The minimum absolute atomic E-state index is 0. The second-order valence-corrected chi connectivity index (χ2v) is 3.59. The fourth-order valence-corrected chi connectivity index (χ4v) is 1.72. The molecule has 0 spiro atoms. The van der Waals surface area contributed by atoms with E-state index in [0.717, 1.165) is 21.7 Å². The number of hydrogen-bond acceptors (Lipinski definition) is 2. The molecule has 0 amide bonds. The number of anilines is 1. The molecule has 0 unspecified atom stereocenters. The summed E-state index contributed by atoms with van der Waals surface area (Å²) in [6.07, 6.45) is 0. The first-order chi connectivity index (χ1) is 6.79. The monoisotopic (exact) mass is 224 g/mol. The van der Waals surface area contributed by atoms with Crippen LogP contribution in [0.2, 0.25) is 0 Å². The molecule has 0 fully saturated rings. The summed E-state index contributed by atoms with van der Waals surface area (Å²) in [6.45, 7) is 0. The number of hydrogen-bond donors (Lipinski definition) is 2. The van der Waals surface area contributed by atoms with E-state index in [9.17, 15) is 0 Å². The van der Waals surface area contributed by atoms with Gasteiger partial charge in [-0.05, 0) is 17.7 Å². The summed E-state index contributed by atoms with van der Waals surface area (Å²) in [5.74, 6) is 0. The first kappa shape index (κ1) is 12.7. The van der Waals surface area contributed by atoms with E-state index in [-0.39, 0.29) is 29.6 Å². The van der Waals surface area contributed by atoms with Crippen LogP contribution in [0.4, 0.5) is 5.69 Å². The van der Waals surface area contributed by atoms with Gasteiger partial charge in [-0.1, -0.05) is 36.4 Å². The molecule has 2 aromatic rings. The van der Waals surface area contributed by atoms with Gasteiger partial charge in [0, 0.05) is 45.7 Å². The molecule has 15 heavy (non-hydrogen) atoms. The molecule has 2 rings (SSSR count). The molecular formula is C12H11NNaS. The number of nitrogen functional groups attached to an aromatic ring is 1. The number of thiol groups is 1. The van der Waals surface area contributed by atoms with Crippen LogP contribution >= 0.6 is 12.6 Å². The van der Waals surface area contributed by atoms with Crippen molar-refractivity contribution < 1.29 is 0 Å². The Morgan fingerprint density at radius 3 is 1.93 bits per heavy atom. The minimum Gasteiger partial charge on any atom is -0.398 e. The van der Waals surface area contributed by atoms with Crippen LogP contribution in [0.1, 0.15) is 0 Å². The molecule has 2 N–H and O–H groups in total. The Bertz CT molecular complexity index is 413. The number of para-hydroxylation sites is 1. The molecule has 3 heteroatoms. The summed E-state index contributed by atoms with van der Waals surface area (Å²) in [5.41, 5.74) is 8.79. The van der Waals surface area contributed by atoms with Gasteiger partial charge in [-0.2, -0.15) is 0 Å². The Hall–Kier alpha value is -0.410. The topological polar surface area (TPSA) is 26.0 Å². The normalized spacial score (nSPS) is 9.40. The summed E-state index contributed by atoms with van der Waals surface area (Å²) in [6, 6.07) is 15.7. The molecule has 0 aromatic heterocycles. The molecule has 0 saturated heterocycles. The van der Waals surface area contributed by atoms with Crippen molar-refractivity contribution in [2.24, 2.45) is 0 Å². The first-order valence-electron chi connectivity index (χ1n) is 4.42. The number of benzene rings is 2. The van der Waals surface area contributed by atoms with Gasteiger partial charge in [-0.15, -0.1) is 12.6 Å². The maximum atomic E-state index is 5.89. The maximum Gasteiger partial charge on any atom is 0.0394 e. The molecular weight excluding hydrogens is 213 g/mol. The SMILES string of the molecule is Nc1ccccc1-c1ccccc1S.[Na]. The van der Waals surface area contributed by atoms with Crippen LogP contribution in [-0.4, -0.2) is 29.6 Å². The Morgan fingerprint density at radius 2 is 1.33 bits per heavy atom. The second-order valence-electron chi connectivity index (χ2n) is 3.10. The van der Waals surface area contributed by atoms with Crippen molar-refractivity contribution in [3.05, 3.63) is 48.5 Å². The van der Waals surface area contributed by atoms with E-state index in [4.69, 9.17) is 5.73 Å². The van der Waals surface area contributed by atoms with E-state index in [1.54, 1.807) is 0 Å². The predicted molar refractivity (Wildman–Crippen MR) is 69.3 cm³/mol. The van der Waals surface area contributed by atoms with Crippen LogP contribution in [0.5, 0.6) is 0 Å². The molecule has 71 valence electrons. The minimum atomic E-state index is 0. The van der Waals surface area contributed by atoms with Gasteiger partial charge in [0.2, 0.25) is 0 Å². The zero-order valence-corrected chi connectivity index (χ0v) is 11.5. The number of nitrogens with two attached hydrogens (primary N) is 1. The summed E-state index contributed by atoms with van der Waals surface area (Å²) < 4.78 is 0. The van der Waals surface area contributed by atoms with Crippen LogP contribution in [0.15, 0.2) is 53.4 Å². The Labute approximate surface area is 117 Å². The van der Waals surface area contributed by atoms with Gasteiger partial charge in [0.25, 0.3) is 0 Å². The Balaban J connectivity index is 0.00000112. The van der Waals surface area contributed by atoms with Crippen molar-refractivity contribution in [3.63, 3.8) is 0 Å². The summed E-state index contributed by atoms with van der Waals surface area (Å²) >= 11 is 4.40. The standard InChI is InChI=1S/C12H11NS.Na/c13-11-7-3-1-5-9(11)10-6-2-4-8-12(10)14;/h1-8,14H,13H2;. The van der Waals surface area contributed by atoms with E-state index < -0.39 is 0 Å². The van der Waals surface area contributed by atoms with Gasteiger partial charge in [0.05, 0.1) is 0 Å². The van der Waals surface area contributed by atoms with Crippen molar-refractivity contribution in [1.82, 2.24) is 0 Å². The van der Waals surface area contributed by atoms with Crippen molar-refractivity contribution in [1.29, 1.82) is 0 Å². The third-order valence-electron chi connectivity index (χ3n) is 2.16. The third-order valence-corrected chi connectivity index (χ3v) is 2.54. The van der Waals surface area contributed by atoms with E-state index >= 15 is 0 Å². The maximum absolute atomic E-state index is 5.89. The molecule has 0 atom stereocenters. The van der Waals surface area contributed by atoms with Crippen LogP contribution in [0.3, 0.4) is 0 Å². The predicted octanol–water partition coefficient (Wildman–Crippen LogP) is 2.84. The van der Waals surface area contributed by atoms with E-state index in [1.165, 1.54) is 0 Å². The van der Waals surface area contributed by atoms with Crippen LogP contribution in [0.25, 0.3) is 11.1 Å². The zero-order chi connectivity index (χ0) is 9.97. The quantitative estimate of drug-likeness (QED) is 0.435. The summed E-state index contributed by atoms with van der Waals surface area (Å²) in [5, 5.41) is 0. The van der Waals surface area contributed by atoms with Crippen LogP contribution < -0.4 is 5.73 Å². The van der Waals surface area contributed by atoms with Gasteiger partial charge >= 0.3 is 0 Å². The Morgan fingerprint density at radius 1 is 0.800 bits per heavy atom. The molecule has 2 aromatic carbocycles. The smallest absolute Gasteiger partial charge is 0.0394 e. The van der Waals surface area contributed by atoms with E-state index in [0.29, 0.717) is 0 Å². The van der Waals surface area contributed by atoms with E-state index in [1.807, 2.05) is 48.5 Å². The fourth-order valence-electron chi connectivity index (χ4n) is 1.44. The zero-order valence-electron chi connectivity index (χ0n) is 8.64. The molecule has 0 saturated carbocycles. The van der Waals surface area contributed by atoms with Crippen LogP contribution in [-0.2, 0) is 0 Å². The van der Waals surface area contributed by atoms with Gasteiger partial charge in [0.1, 0.15) is 0 Å². The first-order valence-corrected chi connectivity index (χ1v) is 4.86. The molecule has 0 bridgehead atoms. The Kier molecular flexibility index (Phi) is 4.74.